The summed E-state index contributed by atoms with van der Waals surface area (Å²) in [6.07, 6.45) is 0.767. The standard InChI is InChI=1S/C13H18N2O3S/c1-11(2)18-9-3-8-15-19(16,17)13-6-4-12(10-14)5-7-13/h4-7,11,15H,3,8-9H2,1-2H3. The average molecular weight is 282 g/mol. The van der Waals surface area contributed by atoms with E-state index in [0.29, 0.717) is 25.1 Å². The van der Waals surface area contributed by atoms with Crippen molar-refractivity contribution in [1.82, 2.24) is 4.72 Å². The molecule has 0 aliphatic carbocycles. The van der Waals surface area contributed by atoms with E-state index in [1.54, 1.807) is 0 Å². The van der Waals surface area contributed by atoms with Gasteiger partial charge in [0.15, 0.2) is 0 Å². The van der Waals surface area contributed by atoms with Crippen molar-refractivity contribution in [2.75, 3.05) is 13.2 Å². The molecule has 0 radical (unpaired) electrons. The third-order valence-corrected chi connectivity index (χ3v) is 3.84. The number of hydrogen-bond donors (Lipinski definition) is 1. The lowest BCUT2D eigenvalue weighted by atomic mass is 10.2. The summed E-state index contributed by atoms with van der Waals surface area (Å²) in [4.78, 5) is 0.163. The molecule has 104 valence electrons. The van der Waals surface area contributed by atoms with Gasteiger partial charge >= 0.3 is 0 Å². The van der Waals surface area contributed by atoms with Crippen LogP contribution in [0.5, 0.6) is 0 Å². The van der Waals surface area contributed by atoms with E-state index >= 15 is 0 Å². The minimum Gasteiger partial charge on any atom is -0.379 e. The van der Waals surface area contributed by atoms with Crippen molar-refractivity contribution in [3.63, 3.8) is 0 Å². The predicted octanol–water partition coefficient (Wildman–Crippen LogP) is 1.65. The van der Waals surface area contributed by atoms with Gasteiger partial charge in [-0.1, -0.05) is 0 Å². The zero-order chi connectivity index (χ0) is 14.3. The maximum Gasteiger partial charge on any atom is 0.240 e. The molecule has 1 aromatic rings. The van der Waals surface area contributed by atoms with Crippen molar-refractivity contribution in [1.29, 1.82) is 5.26 Å². The van der Waals surface area contributed by atoms with Crippen LogP contribution in [-0.4, -0.2) is 27.7 Å². The van der Waals surface area contributed by atoms with E-state index in [9.17, 15) is 8.42 Å². The number of ether oxygens (including phenoxy) is 1. The van der Waals surface area contributed by atoms with Crippen LogP contribution in [0.3, 0.4) is 0 Å². The maximum absolute atomic E-state index is 11.9. The Morgan fingerprint density at radius 2 is 1.95 bits per heavy atom. The van der Waals surface area contributed by atoms with Gasteiger partial charge in [0.25, 0.3) is 0 Å². The number of nitrogens with one attached hydrogen (secondary N) is 1. The number of nitriles is 1. The van der Waals surface area contributed by atoms with E-state index in [4.69, 9.17) is 10.00 Å². The van der Waals surface area contributed by atoms with Crippen molar-refractivity contribution < 1.29 is 13.2 Å². The monoisotopic (exact) mass is 282 g/mol. The second kappa shape index (κ2) is 7.24. The minimum atomic E-state index is -3.50. The summed E-state index contributed by atoms with van der Waals surface area (Å²) in [6.45, 7) is 4.71. The Morgan fingerprint density at radius 1 is 1.32 bits per heavy atom. The van der Waals surface area contributed by atoms with Gasteiger partial charge in [0.2, 0.25) is 10.0 Å². The van der Waals surface area contributed by atoms with Gasteiger partial charge in [0.1, 0.15) is 0 Å². The van der Waals surface area contributed by atoms with Crippen LogP contribution in [-0.2, 0) is 14.8 Å². The summed E-state index contributed by atoms with van der Waals surface area (Å²) < 4.78 is 31.6. The third-order valence-electron chi connectivity index (χ3n) is 2.36. The molecule has 0 unspecified atom stereocenters. The van der Waals surface area contributed by atoms with Crippen molar-refractivity contribution in [2.45, 2.75) is 31.3 Å². The first-order valence-corrected chi connectivity index (χ1v) is 7.55. The Bertz CT molecular complexity index is 530. The first-order chi connectivity index (χ1) is 8.95. The van der Waals surface area contributed by atoms with E-state index < -0.39 is 10.0 Å². The van der Waals surface area contributed by atoms with E-state index in [-0.39, 0.29) is 11.0 Å². The molecule has 19 heavy (non-hydrogen) atoms. The van der Waals surface area contributed by atoms with Gasteiger partial charge in [-0.3, -0.25) is 0 Å². The molecule has 0 fully saturated rings. The summed E-state index contributed by atoms with van der Waals surface area (Å²) in [5.41, 5.74) is 0.435. The quantitative estimate of drug-likeness (QED) is 0.771. The number of sulfonamides is 1. The third kappa shape index (κ3) is 5.39. The lowest BCUT2D eigenvalue weighted by Crippen LogP contribution is -2.25. The van der Waals surface area contributed by atoms with Crippen LogP contribution in [0, 0.1) is 11.3 Å². The highest BCUT2D eigenvalue weighted by Crippen LogP contribution is 2.09. The number of benzene rings is 1. The predicted molar refractivity (Wildman–Crippen MR) is 72.1 cm³/mol. The fraction of sp³-hybridized carbons (Fsp3) is 0.462. The van der Waals surface area contributed by atoms with Gasteiger partial charge in [-0.15, -0.1) is 0 Å². The fourth-order valence-electron chi connectivity index (χ4n) is 1.39. The number of rotatable bonds is 7. The summed E-state index contributed by atoms with van der Waals surface area (Å²) in [5, 5.41) is 8.65. The Balaban J connectivity index is 2.49. The SMILES string of the molecule is CC(C)OCCCNS(=O)(=O)c1ccc(C#N)cc1. The molecule has 0 saturated heterocycles. The van der Waals surface area contributed by atoms with Crippen molar-refractivity contribution in [3.8, 4) is 6.07 Å². The highest BCUT2D eigenvalue weighted by Gasteiger charge is 2.12. The van der Waals surface area contributed by atoms with Crippen LogP contribution in [0.4, 0.5) is 0 Å². The molecular weight excluding hydrogens is 264 g/mol. The summed E-state index contributed by atoms with van der Waals surface area (Å²) in [7, 11) is -3.50. The van der Waals surface area contributed by atoms with Crippen LogP contribution in [0.15, 0.2) is 29.2 Å². The van der Waals surface area contributed by atoms with Crippen LogP contribution >= 0.6 is 0 Å². The van der Waals surface area contributed by atoms with E-state index in [1.807, 2.05) is 19.9 Å². The van der Waals surface area contributed by atoms with Gasteiger partial charge in [0, 0.05) is 13.2 Å². The molecule has 1 rings (SSSR count). The maximum atomic E-state index is 11.9. The smallest absolute Gasteiger partial charge is 0.240 e. The molecule has 0 spiro atoms. The molecule has 6 heteroatoms. The fourth-order valence-corrected chi connectivity index (χ4v) is 2.46. The molecule has 5 nitrogen and oxygen atoms in total. The summed E-state index contributed by atoms with van der Waals surface area (Å²) >= 11 is 0. The lowest BCUT2D eigenvalue weighted by Gasteiger charge is -2.09. The minimum absolute atomic E-state index is 0.148. The first-order valence-electron chi connectivity index (χ1n) is 6.07. The van der Waals surface area contributed by atoms with Crippen LogP contribution < -0.4 is 4.72 Å². The largest absolute Gasteiger partial charge is 0.379 e. The molecule has 0 bridgehead atoms. The van der Waals surface area contributed by atoms with E-state index in [2.05, 4.69) is 4.72 Å². The van der Waals surface area contributed by atoms with Crippen molar-refractivity contribution in [2.24, 2.45) is 0 Å². The molecular formula is C13H18N2O3S. The Hall–Kier alpha value is -1.42. The van der Waals surface area contributed by atoms with Gasteiger partial charge in [-0.05, 0) is 44.5 Å². The molecule has 1 aromatic carbocycles. The van der Waals surface area contributed by atoms with Gasteiger partial charge in [-0.25, -0.2) is 13.1 Å². The van der Waals surface area contributed by atoms with E-state index in [1.165, 1.54) is 24.3 Å². The number of nitrogens with zero attached hydrogens (tertiary/aromatic N) is 1. The second-order valence-electron chi connectivity index (χ2n) is 4.31. The Kier molecular flexibility index (Phi) is 5.96. The lowest BCUT2D eigenvalue weighted by molar-refractivity contribution is 0.0778. The average Bonchev–Trinajstić information content (AvgIpc) is 2.38. The van der Waals surface area contributed by atoms with Crippen LogP contribution in [0.25, 0.3) is 0 Å². The molecule has 0 aliphatic heterocycles. The second-order valence-corrected chi connectivity index (χ2v) is 6.07. The Morgan fingerprint density at radius 3 is 2.47 bits per heavy atom. The molecule has 0 heterocycles. The zero-order valence-electron chi connectivity index (χ0n) is 11.1. The normalized spacial score (nSPS) is 11.5. The summed E-state index contributed by atoms with van der Waals surface area (Å²) in [6, 6.07) is 7.75. The highest BCUT2D eigenvalue weighted by molar-refractivity contribution is 7.89. The molecule has 0 saturated carbocycles. The van der Waals surface area contributed by atoms with Crippen LogP contribution in [0.2, 0.25) is 0 Å². The summed E-state index contributed by atoms with van der Waals surface area (Å²) in [5.74, 6) is 0. The Labute approximate surface area is 114 Å². The van der Waals surface area contributed by atoms with Crippen LogP contribution in [0.1, 0.15) is 25.8 Å². The number of hydrogen-bond acceptors (Lipinski definition) is 4. The molecule has 1 N–H and O–H groups in total. The van der Waals surface area contributed by atoms with Gasteiger partial charge in [-0.2, -0.15) is 5.26 Å². The van der Waals surface area contributed by atoms with Crippen molar-refractivity contribution in [3.05, 3.63) is 29.8 Å². The van der Waals surface area contributed by atoms with E-state index in [0.717, 1.165) is 0 Å². The van der Waals surface area contributed by atoms with Crippen molar-refractivity contribution >= 4 is 10.0 Å². The zero-order valence-corrected chi connectivity index (χ0v) is 11.9. The topological polar surface area (TPSA) is 79.2 Å². The molecule has 0 aromatic heterocycles. The highest BCUT2D eigenvalue weighted by atomic mass is 32.2. The van der Waals surface area contributed by atoms with Gasteiger partial charge in [0.05, 0.1) is 22.6 Å². The molecule has 0 atom stereocenters. The van der Waals surface area contributed by atoms with Gasteiger partial charge < -0.3 is 4.74 Å². The molecule has 0 aliphatic rings. The molecule has 0 amide bonds. The first kappa shape index (κ1) is 15.6.